The van der Waals surface area contributed by atoms with Crippen LogP contribution in [0.5, 0.6) is 0 Å². The predicted octanol–water partition coefficient (Wildman–Crippen LogP) is 4.43. The molecule has 0 saturated carbocycles. The molecule has 1 aromatic heterocycles. The van der Waals surface area contributed by atoms with Crippen LogP contribution in [0.15, 0.2) is 41.3 Å². The maximum atomic E-state index is 13.0. The van der Waals surface area contributed by atoms with Gasteiger partial charge < -0.3 is 5.32 Å². The molecule has 1 aromatic carbocycles. The molecule has 7 heteroatoms. The number of nitrogens with one attached hydrogen (secondary N) is 1. The van der Waals surface area contributed by atoms with Crippen molar-refractivity contribution in [3.8, 4) is 0 Å². The molecule has 0 aliphatic carbocycles. The minimum Gasteiger partial charge on any atom is -0.376 e. The molecule has 1 heterocycles. The minimum absolute atomic E-state index is 0.0128. The van der Waals surface area contributed by atoms with Crippen LogP contribution in [0.25, 0.3) is 0 Å². The van der Waals surface area contributed by atoms with E-state index in [2.05, 4.69) is 31.2 Å². The summed E-state index contributed by atoms with van der Waals surface area (Å²) >= 11 is 3.05. The van der Waals surface area contributed by atoms with E-state index in [0.29, 0.717) is 10.2 Å². The van der Waals surface area contributed by atoms with Crippen LogP contribution in [0.1, 0.15) is 24.2 Å². The molecule has 0 saturated heterocycles. The standard InChI is InChI=1S/C13H11BrF3N3/c1-8(12-7-18-4-5-19-12)20-11-3-2-9(14)6-10(11)13(15,16)17/h2-8,20H,1H3. The molecular weight excluding hydrogens is 335 g/mol. The highest BCUT2D eigenvalue weighted by Crippen LogP contribution is 2.37. The Morgan fingerprint density at radius 3 is 2.60 bits per heavy atom. The normalized spacial score (nSPS) is 13.1. The van der Waals surface area contributed by atoms with E-state index < -0.39 is 11.7 Å². The third-order valence-electron chi connectivity index (χ3n) is 2.69. The zero-order valence-electron chi connectivity index (χ0n) is 10.4. The second kappa shape index (κ2) is 5.78. The lowest BCUT2D eigenvalue weighted by Gasteiger charge is -2.19. The van der Waals surface area contributed by atoms with E-state index in [4.69, 9.17) is 0 Å². The quantitative estimate of drug-likeness (QED) is 0.893. The summed E-state index contributed by atoms with van der Waals surface area (Å²) in [4.78, 5) is 7.97. The van der Waals surface area contributed by atoms with Crippen molar-refractivity contribution in [3.63, 3.8) is 0 Å². The lowest BCUT2D eigenvalue weighted by molar-refractivity contribution is -0.137. The van der Waals surface area contributed by atoms with Gasteiger partial charge in [-0.25, -0.2) is 0 Å². The first-order chi connectivity index (χ1) is 9.38. The van der Waals surface area contributed by atoms with Crippen LogP contribution in [0.3, 0.4) is 0 Å². The number of benzene rings is 1. The molecule has 2 aromatic rings. The van der Waals surface area contributed by atoms with Crippen LogP contribution in [-0.2, 0) is 6.18 Å². The monoisotopic (exact) mass is 345 g/mol. The van der Waals surface area contributed by atoms with E-state index in [0.717, 1.165) is 6.07 Å². The fraction of sp³-hybridized carbons (Fsp3) is 0.231. The summed E-state index contributed by atoms with van der Waals surface area (Å²) in [6, 6.07) is 3.61. The number of halogens is 4. The number of alkyl halides is 3. The fourth-order valence-corrected chi connectivity index (χ4v) is 2.08. The third-order valence-corrected chi connectivity index (χ3v) is 3.18. The van der Waals surface area contributed by atoms with Crippen molar-refractivity contribution in [2.24, 2.45) is 0 Å². The largest absolute Gasteiger partial charge is 0.418 e. The lowest BCUT2D eigenvalue weighted by Crippen LogP contribution is -2.14. The highest BCUT2D eigenvalue weighted by Gasteiger charge is 2.34. The van der Waals surface area contributed by atoms with Crippen molar-refractivity contribution in [3.05, 3.63) is 52.5 Å². The first kappa shape index (κ1) is 14.8. The van der Waals surface area contributed by atoms with E-state index in [1.54, 1.807) is 13.0 Å². The Hall–Kier alpha value is -1.63. The Kier molecular flexibility index (Phi) is 4.27. The van der Waals surface area contributed by atoms with Gasteiger partial charge in [0.05, 0.1) is 23.5 Å². The zero-order valence-corrected chi connectivity index (χ0v) is 12.0. The van der Waals surface area contributed by atoms with Gasteiger partial charge in [0, 0.05) is 22.6 Å². The van der Waals surface area contributed by atoms with Crippen LogP contribution < -0.4 is 5.32 Å². The van der Waals surface area contributed by atoms with Crippen LogP contribution in [0.2, 0.25) is 0 Å². The maximum Gasteiger partial charge on any atom is 0.418 e. The first-order valence-electron chi connectivity index (χ1n) is 5.77. The highest BCUT2D eigenvalue weighted by molar-refractivity contribution is 9.10. The summed E-state index contributed by atoms with van der Waals surface area (Å²) in [7, 11) is 0. The van der Waals surface area contributed by atoms with Crippen molar-refractivity contribution in [1.82, 2.24) is 9.97 Å². The number of nitrogens with zero attached hydrogens (tertiary/aromatic N) is 2. The number of rotatable bonds is 3. The molecule has 20 heavy (non-hydrogen) atoms. The smallest absolute Gasteiger partial charge is 0.376 e. The van der Waals surface area contributed by atoms with Crippen molar-refractivity contribution in [2.45, 2.75) is 19.1 Å². The van der Waals surface area contributed by atoms with Gasteiger partial charge in [0.15, 0.2) is 0 Å². The maximum absolute atomic E-state index is 13.0. The Morgan fingerprint density at radius 1 is 1.25 bits per heavy atom. The Morgan fingerprint density at radius 2 is 2.00 bits per heavy atom. The molecule has 0 bridgehead atoms. The topological polar surface area (TPSA) is 37.8 Å². The summed E-state index contributed by atoms with van der Waals surface area (Å²) in [5.74, 6) is 0. The summed E-state index contributed by atoms with van der Waals surface area (Å²) in [6.07, 6.45) is 0.106. The van der Waals surface area contributed by atoms with Crippen LogP contribution in [0, 0.1) is 0 Å². The Balaban J connectivity index is 2.30. The average Bonchev–Trinajstić information content (AvgIpc) is 2.40. The average molecular weight is 346 g/mol. The van der Waals surface area contributed by atoms with Gasteiger partial charge in [0.1, 0.15) is 0 Å². The van der Waals surface area contributed by atoms with Gasteiger partial charge in [-0.05, 0) is 25.1 Å². The van der Waals surface area contributed by atoms with Crippen molar-refractivity contribution >= 4 is 21.6 Å². The van der Waals surface area contributed by atoms with Gasteiger partial charge in [0.25, 0.3) is 0 Å². The molecule has 1 unspecified atom stereocenters. The van der Waals surface area contributed by atoms with Crippen LogP contribution >= 0.6 is 15.9 Å². The van der Waals surface area contributed by atoms with Gasteiger partial charge in [-0.3, -0.25) is 9.97 Å². The van der Waals surface area contributed by atoms with E-state index >= 15 is 0 Å². The molecule has 1 N–H and O–H groups in total. The first-order valence-corrected chi connectivity index (χ1v) is 6.56. The lowest BCUT2D eigenvalue weighted by atomic mass is 10.1. The Labute approximate surface area is 122 Å². The molecule has 0 fully saturated rings. The number of hydrogen-bond donors (Lipinski definition) is 1. The predicted molar refractivity (Wildman–Crippen MR) is 73.2 cm³/mol. The van der Waals surface area contributed by atoms with E-state index in [-0.39, 0.29) is 11.7 Å². The summed E-state index contributed by atoms with van der Waals surface area (Å²) in [5, 5.41) is 2.82. The van der Waals surface area contributed by atoms with Gasteiger partial charge in [-0.15, -0.1) is 0 Å². The summed E-state index contributed by atoms with van der Waals surface area (Å²) in [5.41, 5.74) is -0.134. The van der Waals surface area contributed by atoms with Gasteiger partial charge >= 0.3 is 6.18 Å². The SMILES string of the molecule is CC(Nc1ccc(Br)cc1C(F)(F)F)c1cnccn1. The minimum atomic E-state index is -4.42. The van der Waals surface area contributed by atoms with Gasteiger partial charge in [-0.1, -0.05) is 15.9 Å². The van der Waals surface area contributed by atoms with E-state index in [1.165, 1.54) is 24.7 Å². The second-order valence-corrected chi connectivity index (χ2v) is 5.10. The van der Waals surface area contributed by atoms with E-state index in [1.807, 2.05) is 0 Å². The number of anilines is 1. The van der Waals surface area contributed by atoms with Crippen molar-refractivity contribution in [1.29, 1.82) is 0 Å². The van der Waals surface area contributed by atoms with Gasteiger partial charge in [0.2, 0.25) is 0 Å². The number of hydrogen-bond acceptors (Lipinski definition) is 3. The van der Waals surface area contributed by atoms with Gasteiger partial charge in [-0.2, -0.15) is 13.2 Å². The summed E-state index contributed by atoms with van der Waals surface area (Å²) in [6.45, 7) is 1.73. The second-order valence-electron chi connectivity index (χ2n) is 4.18. The summed E-state index contributed by atoms with van der Waals surface area (Å²) < 4.78 is 39.4. The highest BCUT2D eigenvalue weighted by atomic mass is 79.9. The molecule has 1 atom stereocenters. The van der Waals surface area contributed by atoms with Crippen LogP contribution in [0.4, 0.5) is 18.9 Å². The number of aromatic nitrogens is 2. The molecule has 106 valence electrons. The molecule has 3 nitrogen and oxygen atoms in total. The van der Waals surface area contributed by atoms with Crippen molar-refractivity contribution in [2.75, 3.05) is 5.32 Å². The van der Waals surface area contributed by atoms with Crippen LogP contribution in [-0.4, -0.2) is 9.97 Å². The third kappa shape index (κ3) is 3.47. The fourth-order valence-electron chi connectivity index (χ4n) is 1.72. The molecule has 0 aliphatic heterocycles. The molecule has 0 radical (unpaired) electrons. The molecule has 2 rings (SSSR count). The molecule has 0 amide bonds. The van der Waals surface area contributed by atoms with E-state index in [9.17, 15) is 13.2 Å². The Bertz CT molecular complexity index is 587. The zero-order chi connectivity index (χ0) is 14.8. The van der Waals surface area contributed by atoms with Crippen molar-refractivity contribution < 1.29 is 13.2 Å². The molecular formula is C13H11BrF3N3. The molecule has 0 aliphatic rings. The molecule has 0 spiro atoms.